The molecule has 0 N–H and O–H groups in total. The summed E-state index contributed by atoms with van der Waals surface area (Å²) in [6.45, 7) is 4.87. The molecule has 94 valence electrons. The molecule has 17 heavy (non-hydrogen) atoms. The molecule has 2 unspecified atom stereocenters. The number of Topliss-reactive ketones (excluding diaryl/α,β-unsaturated/α-hetero) is 1. The number of nitrogens with zero attached hydrogens (tertiary/aromatic N) is 2. The fourth-order valence-corrected chi connectivity index (χ4v) is 5.09. The fourth-order valence-electron chi connectivity index (χ4n) is 1.90. The molecule has 1 aliphatic heterocycles. The maximum atomic E-state index is 12.5. The number of ketones is 1. The van der Waals surface area contributed by atoms with Crippen molar-refractivity contribution in [2.75, 3.05) is 11.5 Å². The molecule has 1 fully saturated rings. The molecule has 0 spiro atoms. The number of hydrogen-bond donors (Lipinski definition) is 0. The summed E-state index contributed by atoms with van der Waals surface area (Å²) in [7, 11) is 0. The molecule has 2 heterocycles. The van der Waals surface area contributed by atoms with Crippen molar-refractivity contribution in [3.63, 3.8) is 0 Å². The topological polar surface area (TPSA) is 34.9 Å². The first kappa shape index (κ1) is 13.5. The monoisotopic (exact) mass is 334 g/mol. The Bertz CT molecular complexity index is 422. The molecule has 6 heteroatoms. The summed E-state index contributed by atoms with van der Waals surface area (Å²) >= 11 is 7.08. The number of carbonyl (C=O) groups excluding carboxylic acids is 1. The van der Waals surface area contributed by atoms with E-state index in [1.807, 2.05) is 18.7 Å². The van der Waals surface area contributed by atoms with Gasteiger partial charge in [-0.05, 0) is 22.9 Å². The van der Waals surface area contributed by atoms with Gasteiger partial charge in [0.15, 0.2) is 5.78 Å². The first-order valence-electron chi connectivity index (χ1n) is 5.64. The first-order chi connectivity index (χ1) is 8.15. The maximum absolute atomic E-state index is 12.5. The second kappa shape index (κ2) is 5.80. The van der Waals surface area contributed by atoms with E-state index in [0.717, 1.165) is 28.2 Å². The molecule has 0 saturated carbocycles. The highest BCUT2D eigenvalue weighted by Crippen LogP contribution is 2.34. The van der Waals surface area contributed by atoms with Gasteiger partial charge in [0.25, 0.3) is 0 Å². The summed E-state index contributed by atoms with van der Waals surface area (Å²) in [4.78, 5) is 12.5. The van der Waals surface area contributed by atoms with Crippen LogP contribution in [0.15, 0.2) is 10.7 Å². The van der Waals surface area contributed by atoms with Gasteiger partial charge in [0, 0.05) is 23.3 Å². The van der Waals surface area contributed by atoms with E-state index in [2.05, 4.69) is 28.0 Å². The van der Waals surface area contributed by atoms with Crippen LogP contribution in [0.3, 0.4) is 0 Å². The Hall–Kier alpha value is 0.0600. The summed E-state index contributed by atoms with van der Waals surface area (Å²) in [6, 6.07) is 0. The zero-order valence-electron chi connectivity index (χ0n) is 9.85. The van der Waals surface area contributed by atoms with Crippen LogP contribution >= 0.6 is 39.5 Å². The highest BCUT2D eigenvalue weighted by molar-refractivity contribution is 9.10. The number of carbonyl (C=O) groups is 1. The predicted molar refractivity (Wildman–Crippen MR) is 78.1 cm³/mol. The van der Waals surface area contributed by atoms with Crippen LogP contribution in [-0.2, 0) is 6.54 Å². The van der Waals surface area contributed by atoms with E-state index in [0.29, 0.717) is 5.25 Å². The lowest BCUT2D eigenvalue weighted by Gasteiger charge is -2.26. The standard InChI is InChI=1S/C11H15BrN2OS2/c1-3-14-9(8(12)6-13-14)10(15)11-7(2)16-4-5-17-11/h6-7,11H,3-5H2,1-2H3. The molecule has 2 rings (SSSR count). The number of halogens is 1. The number of rotatable bonds is 3. The number of thioether (sulfide) groups is 2. The van der Waals surface area contributed by atoms with E-state index in [1.54, 1.807) is 22.6 Å². The summed E-state index contributed by atoms with van der Waals surface area (Å²) in [5, 5.41) is 4.65. The molecule has 0 bridgehead atoms. The molecule has 1 aromatic rings. The third-order valence-corrected chi connectivity index (χ3v) is 6.44. The van der Waals surface area contributed by atoms with Crippen molar-refractivity contribution in [2.24, 2.45) is 0 Å². The van der Waals surface area contributed by atoms with Gasteiger partial charge in [-0.1, -0.05) is 6.92 Å². The Kier molecular flexibility index (Phi) is 4.60. The Morgan fingerprint density at radius 2 is 2.29 bits per heavy atom. The van der Waals surface area contributed by atoms with Crippen LogP contribution in [0.1, 0.15) is 24.3 Å². The number of hydrogen-bond acceptors (Lipinski definition) is 4. The van der Waals surface area contributed by atoms with Crippen LogP contribution in [0.5, 0.6) is 0 Å². The molecule has 0 amide bonds. The Labute approximate surface area is 118 Å². The van der Waals surface area contributed by atoms with Crippen LogP contribution < -0.4 is 0 Å². The van der Waals surface area contributed by atoms with Gasteiger partial charge in [-0.2, -0.15) is 16.9 Å². The molecule has 0 radical (unpaired) electrons. The summed E-state index contributed by atoms with van der Waals surface area (Å²) in [5.74, 6) is 2.41. The van der Waals surface area contributed by atoms with Gasteiger partial charge in [-0.3, -0.25) is 9.48 Å². The van der Waals surface area contributed by atoms with Crippen molar-refractivity contribution in [1.82, 2.24) is 9.78 Å². The average molecular weight is 335 g/mol. The smallest absolute Gasteiger partial charge is 0.196 e. The van der Waals surface area contributed by atoms with Crippen LogP contribution in [-0.4, -0.2) is 37.6 Å². The van der Waals surface area contributed by atoms with Crippen molar-refractivity contribution >= 4 is 45.2 Å². The third-order valence-electron chi connectivity index (χ3n) is 2.77. The third kappa shape index (κ3) is 2.74. The minimum atomic E-state index is 0.0621. The van der Waals surface area contributed by atoms with Crippen molar-refractivity contribution < 1.29 is 4.79 Å². The van der Waals surface area contributed by atoms with Gasteiger partial charge < -0.3 is 0 Å². The van der Waals surface area contributed by atoms with E-state index in [9.17, 15) is 4.79 Å². The maximum Gasteiger partial charge on any atom is 0.196 e. The molecule has 1 aromatic heterocycles. The zero-order chi connectivity index (χ0) is 12.4. The molecule has 0 aromatic carbocycles. The largest absolute Gasteiger partial charge is 0.291 e. The number of aryl methyl sites for hydroxylation is 1. The van der Waals surface area contributed by atoms with Crippen molar-refractivity contribution in [1.29, 1.82) is 0 Å². The fraction of sp³-hybridized carbons (Fsp3) is 0.636. The molecule has 2 atom stereocenters. The van der Waals surface area contributed by atoms with E-state index in [4.69, 9.17) is 0 Å². The van der Waals surface area contributed by atoms with Gasteiger partial charge >= 0.3 is 0 Å². The Morgan fingerprint density at radius 3 is 2.94 bits per heavy atom. The van der Waals surface area contributed by atoms with Crippen LogP contribution in [0, 0.1) is 0 Å². The van der Waals surface area contributed by atoms with Crippen molar-refractivity contribution in [3.8, 4) is 0 Å². The van der Waals surface area contributed by atoms with E-state index < -0.39 is 0 Å². The molecule has 1 saturated heterocycles. The molecule has 0 aliphatic carbocycles. The Balaban J connectivity index is 2.26. The lowest BCUT2D eigenvalue weighted by atomic mass is 10.1. The minimum Gasteiger partial charge on any atom is -0.291 e. The Morgan fingerprint density at radius 1 is 1.59 bits per heavy atom. The minimum absolute atomic E-state index is 0.0621. The van der Waals surface area contributed by atoms with Gasteiger partial charge in [0.2, 0.25) is 0 Å². The number of aromatic nitrogens is 2. The zero-order valence-corrected chi connectivity index (χ0v) is 13.1. The molecular weight excluding hydrogens is 320 g/mol. The normalized spacial score (nSPS) is 24.9. The quantitative estimate of drug-likeness (QED) is 0.795. The van der Waals surface area contributed by atoms with Crippen LogP contribution in [0.2, 0.25) is 0 Å². The second-order valence-corrected chi connectivity index (χ2v) is 7.48. The molecule has 1 aliphatic rings. The van der Waals surface area contributed by atoms with E-state index in [1.165, 1.54) is 0 Å². The van der Waals surface area contributed by atoms with Crippen molar-refractivity contribution in [3.05, 3.63) is 16.4 Å². The van der Waals surface area contributed by atoms with Crippen molar-refractivity contribution in [2.45, 2.75) is 30.9 Å². The molecular formula is C11H15BrN2OS2. The molecule has 3 nitrogen and oxygen atoms in total. The van der Waals surface area contributed by atoms with Gasteiger partial charge in [-0.25, -0.2) is 0 Å². The van der Waals surface area contributed by atoms with Gasteiger partial charge in [-0.15, -0.1) is 11.8 Å². The highest BCUT2D eigenvalue weighted by atomic mass is 79.9. The summed E-state index contributed by atoms with van der Waals surface area (Å²) in [5.41, 5.74) is 0.722. The van der Waals surface area contributed by atoms with Crippen LogP contribution in [0.4, 0.5) is 0 Å². The van der Waals surface area contributed by atoms with Crippen LogP contribution in [0.25, 0.3) is 0 Å². The highest BCUT2D eigenvalue weighted by Gasteiger charge is 2.32. The summed E-state index contributed by atoms with van der Waals surface area (Å²) in [6.07, 6.45) is 1.71. The SMILES string of the molecule is CCn1ncc(Br)c1C(=O)C1SCCSC1C. The second-order valence-electron chi connectivity index (χ2n) is 3.89. The summed E-state index contributed by atoms with van der Waals surface area (Å²) < 4.78 is 2.59. The average Bonchev–Trinajstić information content (AvgIpc) is 2.70. The van der Waals surface area contributed by atoms with Gasteiger partial charge in [0.1, 0.15) is 5.69 Å². The lowest BCUT2D eigenvalue weighted by molar-refractivity contribution is 0.0978. The lowest BCUT2D eigenvalue weighted by Crippen LogP contribution is -2.32. The predicted octanol–water partition coefficient (Wildman–Crippen LogP) is 3.09. The van der Waals surface area contributed by atoms with Gasteiger partial charge in [0.05, 0.1) is 15.9 Å². The van der Waals surface area contributed by atoms with E-state index >= 15 is 0 Å². The van der Waals surface area contributed by atoms with E-state index in [-0.39, 0.29) is 11.0 Å². The first-order valence-corrected chi connectivity index (χ1v) is 8.53.